The molecule has 1 aromatic heterocycles. The summed E-state index contributed by atoms with van der Waals surface area (Å²) in [6, 6.07) is 6.07. The zero-order chi connectivity index (χ0) is 15.7. The molecule has 3 nitrogen and oxygen atoms in total. The van der Waals surface area contributed by atoms with Crippen LogP contribution < -0.4 is 0 Å². The third kappa shape index (κ3) is 3.68. The van der Waals surface area contributed by atoms with Gasteiger partial charge < -0.3 is 0 Å². The number of rotatable bonds is 5. The maximum Gasteiger partial charge on any atom is 0.416 e. The normalized spacial score (nSPS) is 15.5. The lowest BCUT2D eigenvalue weighted by Crippen LogP contribution is -2.25. The van der Waals surface area contributed by atoms with Crippen molar-refractivity contribution in [2.45, 2.75) is 38.1 Å². The average molecular weight is 309 g/mol. The zero-order valence-corrected chi connectivity index (χ0v) is 12.3. The van der Waals surface area contributed by atoms with Gasteiger partial charge in [-0.15, -0.1) is 0 Å². The number of hydrogen-bond acceptors (Lipinski definition) is 2. The lowest BCUT2D eigenvalue weighted by molar-refractivity contribution is -0.137. The van der Waals surface area contributed by atoms with E-state index in [-0.39, 0.29) is 0 Å². The second-order valence-electron chi connectivity index (χ2n) is 5.86. The van der Waals surface area contributed by atoms with Crippen LogP contribution in [-0.4, -0.2) is 20.7 Å². The smallest absolute Gasteiger partial charge is 0.292 e. The summed E-state index contributed by atoms with van der Waals surface area (Å²) in [5.41, 5.74) is 1.20. The van der Waals surface area contributed by atoms with Crippen LogP contribution in [0.15, 0.2) is 36.7 Å². The van der Waals surface area contributed by atoms with Gasteiger partial charge in [-0.1, -0.05) is 18.2 Å². The Morgan fingerprint density at radius 2 is 1.95 bits per heavy atom. The minimum Gasteiger partial charge on any atom is -0.292 e. The Balaban J connectivity index is 1.74. The Morgan fingerprint density at radius 1 is 1.23 bits per heavy atom. The summed E-state index contributed by atoms with van der Waals surface area (Å²) in [5.74, 6) is 0. The van der Waals surface area contributed by atoms with Crippen LogP contribution >= 0.6 is 0 Å². The number of alkyl halides is 3. The van der Waals surface area contributed by atoms with Gasteiger partial charge in [0.05, 0.1) is 11.8 Å². The average Bonchev–Trinajstić information content (AvgIpc) is 3.22. The highest BCUT2D eigenvalue weighted by Crippen LogP contribution is 2.32. The van der Waals surface area contributed by atoms with Gasteiger partial charge >= 0.3 is 6.18 Å². The Labute approximate surface area is 127 Å². The summed E-state index contributed by atoms with van der Waals surface area (Å²) < 4.78 is 40.1. The maximum atomic E-state index is 12.8. The standard InChI is InChI=1S/C16H18F3N3/c1-21-9-13(8-20-21)11-22(15-5-6-15)10-12-3-2-4-14(7-12)16(17,18)19/h2-4,7-9,15H,5-6,10-11H2,1H3. The number of aryl methyl sites for hydroxylation is 1. The van der Waals surface area contributed by atoms with Crippen molar-refractivity contribution in [2.75, 3.05) is 0 Å². The van der Waals surface area contributed by atoms with E-state index in [1.165, 1.54) is 12.1 Å². The molecule has 2 aromatic rings. The van der Waals surface area contributed by atoms with Crippen molar-refractivity contribution in [3.8, 4) is 0 Å². The van der Waals surface area contributed by atoms with Crippen LogP contribution in [-0.2, 0) is 26.3 Å². The van der Waals surface area contributed by atoms with E-state index in [4.69, 9.17) is 0 Å². The van der Waals surface area contributed by atoms with E-state index in [0.29, 0.717) is 18.2 Å². The van der Waals surface area contributed by atoms with E-state index < -0.39 is 11.7 Å². The fraction of sp³-hybridized carbons (Fsp3) is 0.438. The summed E-state index contributed by atoms with van der Waals surface area (Å²) >= 11 is 0. The fourth-order valence-corrected chi connectivity index (χ4v) is 2.62. The van der Waals surface area contributed by atoms with Crippen molar-refractivity contribution < 1.29 is 13.2 Å². The molecule has 0 radical (unpaired) electrons. The minimum absolute atomic E-state index is 0.467. The van der Waals surface area contributed by atoms with Crippen molar-refractivity contribution in [3.05, 3.63) is 53.3 Å². The Kier molecular flexibility index (Phi) is 3.95. The van der Waals surface area contributed by atoms with Gasteiger partial charge in [0, 0.05) is 37.9 Å². The SMILES string of the molecule is Cn1cc(CN(Cc2cccc(C(F)(F)F)c2)C2CC2)cn1. The predicted molar refractivity (Wildman–Crippen MR) is 76.9 cm³/mol. The van der Waals surface area contributed by atoms with E-state index >= 15 is 0 Å². The molecule has 0 spiro atoms. The van der Waals surface area contributed by atoms with Gasteiger partial charge in [0.2, 0.25) is 0 Å². The van der Waals surface area contributed by atoms with Crippen LogP contribution in [0.1, 0.15) is 29.5 Å². The Bertz CT molecular complexity index is 644. The van der Waals surface area contributed by atoms with Crippen molar-refractivity contribution in [1.82, 2.24) is 14.7 Å². The Morgan fingerprint density at radius 3 is 2.55 bits per heavy atom. The van der Waals surface area contributed by atoms with Gasteiger partial charge in [-0.05, 0) is 24.5 Å². The topological polar surface area (TPSA) is 21.1 Å². The molecule has 1 aliphatic carbocycles. The van der Waals surface area contributed by atoms with E-state index in [9.17, 15) is 13.2 Å². The number of aromatic nitrogens is 2. The molecule has 0 unspecified atom stereocenters. The van der Waals surface area contributed by atoms with Gasteiger partial charge in [0.15, 0.2) is 0 Å². The number of nitrogens with zero attached hydrogens (tertiary/aromatic N) is 3. The van der Waals surface area contributed by atoms with E-state index in [1.807, 2.05) is 19.4 Å². The third-order valence-corrected chi connectivity index (χ3v) is 3.85. The lowest BCUT2D eigenvalue weighted by Gasteiger charge is -2.22. The first kappa shape index (κ1) is 15.1. The molecular weight excluding hydrogens is 291 g/mol. The van der Waals surface area contributed by atoms with Crippen LogP contribution in [0.3, 0.4) is 0 Å². The quantitative estimate of drug-likeness (QED) is 0.841. The van der Waals surface area contributed by atoms with E-state index in [0.717, 1.165) is 31.0 Å². The molecule has 6 heteroatoms. The number of halogens is 3. The first-order valence-corrected chi connectivity index (χ1v) is 7.29. The van der Waals surface area contributed by atoms with Crippen molar-refractivity contribution in [2.24, 2.45) is 7.05 Å². The van der Waals surface area contributed by atoms with Gasteiger partial charge in [0.25, 0.3) is 0 Å². The highest BCUT2D eigenvalue weighted by Gasteiger charge is 2.32. The summed E-state index contributed by atoms with van der Waals surface area (Å²) in [6.45, 7) is 1.25. The van der Waals surface area contributed by atoms with Gasteiger partial charge in [-0.3, -0.25) is 9.58 Å². The molecule has 1 fully saturated rings. The number of hydrogen-bond donors (Lipinski definition) is 0. The number of benzene rings is 1. The van der Waals surface area contributed by atoms with Crippen molar-refractivity contribution in [3.63, 3.8) is 0 Å². The summed E-state index contributed by atoms with van der Waals surface area (Å²) in [7, 11) is 1.86. The highest BCUT2D eigenvalue weighted by atomic mass is 19.4. The zero-order valence-electron chi connectivity index (χ0n) is 12.3. The molecule has 1 heterocycles. The molecule has 3 rings (SSSR count). The van der Waals surface area contributed by atoms with Crippen LogP contribution in [0.25, 0.3) is 0 Å². The highest BCUT2D eigenvalue weighted by molar-refractivity contribution is 5.26. The van der Waals surface area contributed by atoms with Crippen LogP contribution in [0.4, 0.5) is 13.2 Å². The molecular formula is C16H18F3N3. The van der Waals surface area contributed by atoms with Crippen LogP contribution in [0.2, 0.25) is 0 Å². The molecule has 0 atom stereocenters. The Hall–Kier alpha value is -1.82. The molecule has 0 bridgehead atoms. The predicted octanol–water partition coefficient (Wildman–Crippen LogP) is 3.60. The summed E-state index contributed by atoms with van der Waals surface area (Å²) in [4.78, 5) is 2.23. The maximum absolute atomic E-state index is 12.8. The van der Waals surface area contributed by atoms with Gasteiger partial charge in [0.1, 0.15) is 0 Å². The second kappa shape index (κ2) is 5.76. The monoisotopic (exact) mass is 309 g/mol. The molecule has 1 saturated carbocycles. The lowest BCUT2D eigenvalue weighted by atomic mass is 10.1. The van der Waals surface area contributed by atoms with Crippen molar-refractivity contribution >= 4 is 0 Å². The second-order valence-corrected chi connectivity index (χ2v) is 5.86. The largest absolute Gasteiger partial charge is 0.416 e. The van der Waals surface area contributed by atoms with Crippen LogP contribution in [0, 0.1) is 0 Å². The van der Waals surface area contributed by atoms with E-state index in [2.05, 4.69) is 10.00 Å². The molecule has 0 saturated heterocycles. The van der Waals surface area contributed by atoms with Gasteiger partial charge in [-0.2, -0.15) is 18.3 Å². The summed E-state index contributed by atoms with van der Waals surface area (Å²) in [5, 5.41) is 4.14. The molecule has 118 valence electrons. The molecule has 0 amide bonds. The molecule has 1 aromatic carbocycles. The minimum atomic E-state index is -4.29. The third-order valence-electron chi connectivity index (χ3n) is 3.85. The fourth-order valence-electron chi connectivity index (χ4n) is 2.62. The first-order valence-electron chi connectivity index (χ1n) is 7.29. The molecule has 22 heavy (non-hydrogen) atoms. The first-order chi connectivity index (χ1) is 10.4. The molecule has 0 N–H and O–H groups in total. The molecule has 1 aliphatic rings. The molecule has 0 aliphatic heterocycles. The van der Waals surface area contributed by atoms with Gasteiger partial charge in [-0.25, -0.2) is 0 Å². The van der Waals surface area contributed by atoms with Crippen LogP contribution in [0.5, 0.6) is 0 Å². The van der Waals surface area contributed by atoms with Crippen molar-refractivity contribution in [1.29, 1.82) is 0 Å². The van der Waals surface area contributed by atoms with E-state index in [1.54, 1.807) is 10.7 Å². The summed E-state index contributed by atoms with van der Waals surface area (Å²) in [6.07, 6.45) is 1.69.